The van der Waals surface area contributed by atoms with Gasteiger partial charge in [0.25, 0.3) is 17.5 Å². The lowest BCUT2D eigenvalue weighted by molar-refractivity contribution is -0.384. The Morgan fingerprint density at radius 2 is 1.74 bits per heavy atom. The summed E-state index contributed by atoms with van der Waals surface area (Å²) in [5.41, 5.74) is 0.172. The number of anilines is 1. The van der Waals surface area contributed by atoms with Gasteiger partial charge in [-0.3, -0.25) is 19.7 Å². The molecule has 0 heterocycles. The average molecular weight is 468 g/mol. The largest absolute Gasteiger partial charge is 0.454 e. The van der Waals surface area contributed by atoms with Gasteiger partial charge < -0.3 is 15.4 Å². The predicted octanol–water partition coefficient (Wildman–Crippen LogP) is 3.84. The average Bonchev–Trinajstić information content (AvgIpc) is 2.71. The molecule has 0 aliphatic rings. The lowest BCUT2D eigenvalue weighted by Crippen LogP contribution is -2.46. The molecule has 0 radical (unpaired) electrons. The number of hydrogen-bond donors (Lipinski definition) is 2. The van der Waals surface area contributed by atoms with Gasteiger partial charge in [-0.1, -0.05) is 37.0 Å². The van der Waals surface area contributed by atoms with Gasteiger partial charge in [0, 0.05) is 22.8 Å². The van der Waals surface area contributed by atoms with Crippen molar-refractivity contribution < 1.29 is 24.0 Å². The first kappa shape index (κ1) is 24.1. The molecule has 2 amide bonds. The van der Waals surface area contributed by atoms with Crippen LogP contribution in [0.4, 0.5) is 11.4 Å². The molecule has 0 fully saturated rings. The van der Waals surface area contributed by atoms with Crippen LogP contribution in [-0.2, 0) is 14.3 Å². The van der Waals surface area contributed by atoms with Crippen LogP contribution >= 0.6 is 23.2 Å². The van der Waals surface area contributed by atoms with E-state index in [-0.39, 0.29) is 22.2 Å². The maximum Gasteiger partial charge on any atom is 0.329 e. The van der Waals surface area contributed by atoms with Crippen molar-refractivity contribution in [1.82, 2.24) is 5.32 Å². The monoisotopic (exact) mass is 467 g/mol. The molecule has 1 atom stereocenters. The highest BCUT2D eigenvalue weighted by Gasteiger charge is 2.28. The number of ether oxygens (including phenoxy) is 1. The van der Waals surface area contributed by atoms with Crippen molar-refractivity contribution in [2.24, 2.45) is 5.92 Å². The third-order valence-corrected chi connectivity index (χ3v) is 4.65. The molecule has 2 N–H and O–H groups in total. The van der Waals surface area contributed by atoms with Crippen LogP contribution in [0.2, 0.25) is 10.0 Å². The first-order valence-corrected chi connectivity index (χ1v) is 9.81. The predicted molar refractivity (Wildman–Crippen MR) is 115 cm³/mol. The van der Waals surface area contributed by atoms with E-state index >= 15 is 0 Å². The second-order valence-corrected chi connectivity index (χ2v) is 7.62. The van der Waals surface area contributed by atoms with Crippen LogP contribution in [0, 0.1) is 16.0 Å². The molecule has 0 spiro atoms. The van der Waals surface area contributed by atoms with Gasteiger partial charge in [-0.15, -0.1) is 0 Å². The topological polar surface area (TPSA) is 128 Å². The summed E-state index contributed by atoms with van der Waals surface area (Å²) < 4.78 is 5.03. The molecule has 0 saturated heterocycles. The summed E-state index contributed by atoms with van der Waals surface area (Å²) in [6.07, 6.45) is 0. The molecule has 11 heteroatoms. The lowest BCUT2D eigenvalue weighted by atomic mass is 10.0. The molecule has 164 valence electrons. The Kier molecular flexibility index (Phi) is 8.35. The summed E-state index contributed by atoms with van der Waals surface area (Å²) in [5, 5.41) is 16.2. The van der Waals surface area contributed by atoms with Crippen molar-refractivity contribution in [2.75, 3.05) is 11.9 Å². The van der Waals surface area contributed by atoms with Crippen LogP contribution < -0.4 is 10.6 Å². The minimum atomic E-state index is -1.07. The van der Waals surface area contributed by atoms with Crippen LogP contribution in [0.3, 0.4) is 0 Å². The number of carbonyl (C=O) groups is 3. The molecule has 0 saturated carbocycles. The molecule has 2 aromatic carbocycles. The third-order valence-electron chi connectivity index (χ3n) is 4.09. The molecule has 2 rings (SSSR count). The van der Waals surface area contributed by atoms with Crippen molar-refractivity contribution >= 4 is 52.4 Å². The number of halogens is 2. The Morgan fingerprint density at radius 3 is 2.29 bits per heavy atom. The number of nitro benzene ring substituents is 1. The highest BCUT2D eigenvalue weighted by atomic mass is 35.5. The summed E-state index contributed by atoms with van der Waals surface area (Å²) in [6, 6.07) is 8.67. The molecule has 31 heavy (non-hydrogen) atoms. The van der Waals surface area contributed by atoms with Gasteiger partial charge in [-0.2, -0.15) is 0 Å². The molecule has 0 unspecified atom stereocenters. The fourth-order valence-corrected chi connectivity index (χ4v) is 2.86. The molecular weight excluding hydrogens is 449 g/mol. The smallest absolute Gasteiger partial charge is 0.329 e. The van der Waals surface area contributed by atoms with Crippen molar-refractivity contribution in [3.8, 4) is 0 Å². The number of nitrogens with one attached hydrogen (secondary N) is 2. The van der Waals surface area contributed by atoms with Crippen LogP contribution in [0.1, 0.15) is 24.2 Å². The summed E-state index contributed by atoms with van der Waals surface area (Å²) in [6.45, 7) is 2.80. The fourth-order valence-electron chi connectivity index (χ4n) is 2.48. The van der Waals surface area contributed by atoms with Gasteiger partial charge in [0.15, 0.2) is 6.61 Å². The van der Waals surface area contributed by atoms with Crippen molar-refractivity contribution in [3.05, 3.63) is 68.2 Å². The Balaban J connectivity index is 1.98. The van der Waals surface area contributed by atoms with Gasteiger partial charge in [0.05, 0.1) is 15.5 Å². The molecule has 0 aromatic heterocycles. The molecule has 0 aliphatic heterocycles. The van der Waals surface area contributed by atoms with E-state index in [0.717, 1.165) is 12.1 Å². The van der Waals surface area contributed by atoms with E-state index < -0.39 is 35.4 Å². The van der Waals surface area contributed by atoms with Crippen molar-refractivity contribution in [3.63, 3.8) is 0 Å². The molecule has 9 nitrogen and oxygen atoms in total. The highest BCUT2D eigenvalue weighted by Crippen LogP contribution is 2.23. The molecule has 0 bridgehead atoms. The summed E-state index contributed by atoms with van der Waals surface area (Å²) in [7, 11) is 0. The number of amides is 2. The van der Waals surface area contributed by atoms with E-state index in [1.807, 2.05) is 0 Å². The Labute approximate surface area is 187 Å². The van der Waals surface area contributed by atoms with Gasteiger partial charge >= 0.3 is 5.97 Å². The number of non-ortho nitro benzene ring substituents is 1. The zero-order valence-electron chi connectivity index (χ0n) is 16.6. The molecule has 0 aliphatic carbocycles. The second-order valence-electron chi connectivity index (χ2n) is 6.78. The summed E-state index contributed by atoms with van der Waals surface area (Å²) in [5.74, 6) is -2.45. The first-order valence-electron chi connectivity index (χ1n) is 9.05. The van der Waals surface area contributed by atoms with Gasteiger partial charge in [0.2, 0.25) is 0 Å². The number of hydrogen-bond acceptors (Lipinski definition) is 6. The van der Waals surface area contributed by atoms with Crippen molar-refractivity contribution in [2.45, 2.75) is 19.9 Å². The maximum absolute atomic E-state index is 12.5. The normalized spacial score (nSPS) is 11.5. The van der Waals surface area contributed by atoms with E-state index in [4.69, 9.17) is 27.9 Å². The number of carbonyl (C=O) groups excluding carboxylic acids is 3. The Hall–Kier alpha value is -3.17. The quantitative estimate of drug-likeness (QED) is 0.344. The Morgan fingerprint density at radius 1 is 1.10 bits per heavy atom. The third kappa shape index (κ3) is 6.94. The minimum absolute atomic E-state index is 0.0359. The zero-order chi connectivity index (χ0) is 23.1. The van der Waals surface area contributed by atoms with E-state index in [2.05, 4.69) is 10.6 Å². The van der Waals surface area contributed by atoms with E-state index in [0.29, 0.717) is 10.7 Å². The fraction of sp³-hybridized carbons (Fsp3) is 0.250. The standard InChI is InChI=1S/C20H19Cl2N3O6/c1-11(2)18(24-19(27)15-8-7-14(25(29)30)9-16(15)22)20(28)31-10-17(26)23-13-5-3-12(21)4-6-13/h3-9,11,18H,10H2,1-2H3,(H,23,26)(H,24,27)/t18-/m0/s1. The van der Waals surface area contributed by atoms with E-state index in [1.165, 1.54) is 6.07 Å². The molecule has 2 aromatic rings. The van der Waals surface area contributed by atoms with Crippen LogP contribution in [0.25, 0.3) is 0 Å². The number of rotatable bonds is 8. The lowest BCUT2D eigenvalue weighted by Gasteiger charge is -2.21. The Bertz CT molecular complexity index is 995. The SMILES string of the molecule is CC(C)[C@H](NC(=O)c1ccc([N+](=O)[O-])cc1Cl)C(=O)OCC(=O)Nc1ccc(Cl)cc1. The number of nitrogens with zero attached hydrogens (tertiary/aromatic N) is 1. The minimum Gasteiger partial charge on any atom is -0.454 e. The van der Waals surface area contributed by atoms with Crippen LogP contribution in [-0.4, -0.2) is 35.4 Å². The molecular formula is C20H19Cl2N3O6. The van der Waals surface area contributed by atoms with Gasteiger partial charge in [-0.05, 0) is 36.2 Å². The summed E-state index contributed by atoms with van der Waals surface area (Å²) in [4.78, 5) is 47.1. The maximum atomic E-state index is 12.5. The van der Waals surface area contributed by atoms with E-state index in [1.54, 1.807) is 38.1 Å². The van der Waals surface area contributed by atoms with Crippen molar-refractivity contribution in [1.29, 1.82) is 0 Å². The van der Waals surface area contributed by atoms with Gasteiger partial charge in [0.1, 0.15) is 6.04 Å². The van der Waals surface area contributed by atoms with Gasteiger partial charge in [-0.25, -0.2) is 4.79 Å². The van der Waals surface area contributed by atoms with Crippen LogP contribution in [0.5, 0.6) is 0 Å². The second kappa shape index (κ2) is 10.7. The summed E-state index contributed by atoms with van der Waals surface area (Å²) >= 11 is 11.7. The first-order chi connectivity index (χ1) is 14.6. The number of benzene rings is 2. The number of esters is 1. The highest BCUT2D eigenvalue weighted by molar-refractivity contribution is 6.34. The zero-order valence-corrected chi connectivity index (χ0v) is 18.1. The number of nitro groups is 1. The van der Waals surface area contributed by atoms with E-state index in [9.17, 15) is 24.5 Å². The van der Waals surface area contributed by atoms with Crippen LogP contribution in [0.15, 0.2) is 42.5 Å².